The second kappa shape index (κ2) is 7.77. The highest BCUT2D eigenvalue weighted by Gasteiger charge is 2.10. The monoisotopic (exact) mass is 422 g/mol. The molecule has 0 radical (unpaired) electrons. The van der Waals surface area contributed by atoms with E-state index in [-0.39, 0.29) is 4.90 Å². The second-order valence-electron chi connectivity index (χ2n) is 6.67. The van der Waals surface area contributed by atoms with Gasteiger partial charge in [0.05, 0.1) is 11.4 Å². The molecule has 0 N–H and O–H groups in total. The first-order valence-electron chi connectivity index (χ1n) is 8.91. The highest BCUT2D eigenvalue weighted by molar-refractivity contribution is 7.90. The third-order valence-electron chi connectivity index (χ3n) is 4.61. The maximum absolute atomic E-state index is 12.6. The fourth-order valence-electron chi connectivity index (χ4n) is 3.12. The van der Waals surface area contributed by atoms with E-state index in [9.17, 15) is 13.2 Å². The summed E-state index contributed by atoms with van der Waals surface area (Å²) in [4.78, 5) is 17.6. The predicted molar refractivity (Wildman–Crippen MR) is 115 cm³/mol. The van der Waals surface area contributed by atoms with Crippen LogP contribution in [0, 0.1) is 0 Å². The quantitative estimate of drug-likeness (QED) is 0.501. The Morgan fingerprint density at radius 1 is 1.00 bits per heavy atom. The van der Waals surface area contributed by atoms with Gasteiger partial charge in [-0.3, -0.25) is 4.79 Å². The topological polar surface area (TPSA) is 68.5 Å². The first kappa shape index (κ1) is 19.3. The largest absolute Gasteiger partial charge is 0.319 e. The summed E-state index contributed by atoms with van der Waals surface area (Å²) in [5.41, 5.74) is 1.50. The zero-order valence-electron chi connectivity index (χ0n) is 15.6. The van der Waals surface area contributed by atoms with Gasteiger partial charge in [-0.25, -0.2) is 8.42 Å². The molecular weight excluding hydrogens is 404 g/mol. The number of nitrogens with zero attached hydrogens (tertiary/aromatic N) is 2. The summed E-state index contributed by atoms with van der Waals surface area (Å²) < 4.78 is 25.1. The molecule has 0 aliphatic heterocycles. The summed E-state index contributed by atoms with van der Waals surface area (Å²) in [5, 5.41) is 4.23. The average Bonchev–Trinajstić information content (AvgIpc) is 3.14. The van der Waals surface area contributed by atoms with Crippen LogP contribution in [0.3, 0.4) is 0 Å². The molecule has 5 nitrogen and oxygen atoms in total. The molecule has 0 spiro atoms. The molecule has 0 fully saturated rings. The number of hydrogen-bond acceptors (Lipinski definition) is 4. The lowest BCUT2D eigenvalue weighted by Crippen LogP contribution is -2.17. The molecule has 4 aromatic rings. The number of carbonyl (C=O) groups excluding carboxylic acids is 1. The summed E-state index contributed by atoms with van der Waals surface area (Å²) >= 11 is 1.38. The van der Waals surface area contributed by atoms with E-state index in [0.717, 1.165) is 11.8 Å². The Hall–Kier alpha value is -3.03. The Bertz CT molecular complexity index is 1360. The third kappa shape index (κ3) is 4.21. The van der Waals surface area contributed by atoms with Gasteiger partial charge in [-0.2, -0.15) is 4.99 Å². The third-order valence-corrected chi connectivity index (χ3v) is 6.53. The molecule has 1 aromatic heterocycles. The minimum atomic E-state index is -3.30. The maximum atomic E-state index is 12.6. The van der Waals surface area contributed by atoms with Crippen LogP contribution in [0.4, 0.5) is 0 Å². The van der Waals surface area contributed by atoms with E-state index in [0.29, 0.717) is 16.9 Å². The van der Waals surface area contributed by atoms with Crippen LogP contribution in [0.25, 0.3) is 10.8 Å². The molecule has 0 saturated heterocycles. The molecule has 0 bridgehead atoms. The fourth-order valence-corrected chi connectivity index (χ4v) is 4.47. The maximum Gasteiger partial charge on any atom is 0.279 e. The summed E-state index contributed by atoms with van der Waals surface area (Å²) in [6.07, 6.45) is 3.04. The summed E-state index contributed by atoms with van der Waals surface area (Å²) in [6, 6.07) is 20.2. The number of fused-ring (bicyclic) bond motifs is 1. The highest BCUT2D eigenvalue weighted by atomic mass is 32.2. The zero-order valence-corrected chi connectivity index (χ0v) is 17.3. The van der Waals surface area contributed by atoms with Crippen LogP contribution < -0.4 is 4.80 Å². The smallest absolute Gasteiger partial charge is 0.279 e. The van der Waals surface area contributed by atoms with Gasteiger partial charge < -0.3 is 4.57 Å². The van der Waals surface area contributed by atoms with Crippen molar-refractivity contribution in [1.29, 1.82) is 0 Å². The van der Waals surface area contributed by atoms with Gasteiger partial charge in [0.15, 0.2) is 14.6 Å². The predicted octanol–water partition coefficient (Wildman–Crippen LogP) is 3.90. The van der Waals surface area contributed by atoms with Gasteiger partial charge in [-0.05, 0) is 40.6 Å². The van der Waals surface area contributed by atoms with Gasteiger partial charge in [0.2, 0.25) is 0 Å². The van der Waals surface area contributed by atoms with Crippen molar-refractivity contribution in [1.82, 2.24) is 4.57 Å². The van der Waals surface area contributed by atoms with E-state index in [1.165, 1.54) is 46.4 Å². The molecule has 0 saturated carbocycles. The summed E-state index contributed by atoms with van der Waals surface area (Å²) in [7, 11) is -3.30. The van der Waals surface area contributed by atoms with Crippen molar-refractivity contribution in [3.05, 3.63) is 94.2 Å². The standard InChI is InChI=1S/C22H18N2O3S2/c1-29(26,27)19-11-9-17(10-12-19)21(25)23-22-24(13-14-28-22)15-18-7-4-6-16-5-2-3-8-20(16)18/h2-14H,15H2,1H3. The van der Waals surface area contributed by atoms with E-state index in [1.807, 2.05) is 34.3 Å². The van der Waals surface area contributed by atoms with Crippen LogP contribution in [-0.2, 0) is 16.4 Å². The first-order chi connectivity index (χ1) is 13.9. The van der Waals surface area contributed by atoms with Gasteiger partial charge in [0.25, 0.3) is 5.91 Å². The van der Waals surface area contributed by atoms with E-state index in [1.54, 1.807) is 0 Å². The molecule has 1 heterocycles. The molecule has 1 amide bonds. The number of rotatable bonds is 4. The Balaban J connectivity index is 1.65. The van der Waals surface area contributed by atoms with Crippen LogP contribution in [0.15, 0.2) is 88.2 Å². The second-order valence-corrected chi connectivity index (χ2v) is 9.55. The van der Waals surface area contributed by atoms with Gasteiger partial charge in [0, 0.05) is 23.4 Å². The van der Waals surface area contributed by atoms with Crippen LogP contribution in [0.1, 0.15) is 15.9 Å². The molecule has 0 atom stereocenters. The lowest BCUT2D eigenvalue weighted by atomic mass is 10.0. The molecule has 29 heavy (non-hydrogen) atoms. The Morgan fingerprint density at radius 2 is 1.72 bits per heavy atom. The molecular formula is C22H18N2O3S2. The normalized spacial score (nSPS) is 12.4. The number of hydrogen-bond donors (Lipinski definition) is 0. The molecule has 0 aliphatic rings. The van der Waals surface area contributed by atoms with E-state index < -0.39 is 15.7 Å². The number of thiazole rings is 1. The highest BCUT2D eigenvalue weighted by Crippen LogP contribution is 2.19. The van der Waals surface area contributed by atoms with Gasteiger partial charge >= 0.3 is 0 Å². The van der Waals surface area contributed by atoms with Crippen molar-refractivity contribution < 1.29 is 13.2 Å². The van der Waals surface area contributed by atoms with Crippen molar-refractivity contribution in [2.75, 3.05) is 6.26 Å². The fraction of sp³-hybridized carbons (Fsp3) is 0.0909. The molecule has 7 heteroatoms. The minimum absolute atomic E-state index is 0.177. The SMILES string of the molecule is CS(=O)(=O)c1ccc(C(=O)N=c2sccn2Cc2cccc3ccccc23)cc1. The van der Waals surface area contributed by atoms with E-state index in [4.69, 9.17) is 0 Å². The number of carbonyl (C=O) groups is 1. The van der Waals surface area contributed by atoms with E-state index in [2.05, 4.69) is 29.3 Å². The van der Waals surface area contributed by atoms with Crippen molar-refractivity contribution in [2.24, 2.45) is 4.99 Å². The molecule has 0 aliphatic carbocycles. The van der Waals surface area contributed by atoms with Gasteiger partial charge in [0.1, 0.15) is 0 Å². The molecule has 0 unspecified atom stereocenters. The lowest BCUT2D eigenvalue weighted by Gasteiger charge is -2.07. The van der Waals surface area contributed by atoms with Crippen molar-refractivity contribution in [3.63, 3.8) is 0 Å². The first-order valence-corrected chi connectivity index (χ1v) is 11.7. The zero-order chi connectivity index (χ0) is 20.4. The van der Waals surface area contributed by atoms with Crippen molar-refractivity contribution in [2.45, 2.75) is 11.4 Å². The number of benzene rings is 3. The molecule has 3 aromatic carbocycles. The Kier molecular flexibility index (Phi) is 5.17. The van der Waals surface area contributed by atoms with Crippen LogP contribution in [0.2, 0.25) is 0 Å². The molecule has 4 rings (SSSR count). The van der Waals surface area contributed by atoms with Crippen LogP contribution in [0.5, 0.6) is 0 Å². The number of sulfone groups is 1. The average molecular weight is 423 g/mol. The minimum Gasteiger partial charge on any atom is -0.319 e. The van der Waals surface area contributed by atoms with Crippen LogP contribution >= 0.6 is 11.3 Å². The molecule has 146 valence electrons. The Labute approximate surface area is 172 Å². The van der Waals surface area contributed by atoms with Crippen LogP contribution in [-0.4, -0.2) is 25.1 Å². The summed E-state index contributed by atoms with van der Waals surface area (Å²) in [6.45, 7) is 0.601. The Morgan fingerprint density at radius 3 is 2.48 bits per heavy atom. The summed E-state index contributed by atoms with van der Waals surface area (Å²) in [5.74, 6) is -0.404. The number of aromatic nitrogens is 1. The lowest BCUT2D eigenvalue weighted by molar-refractivity contribution is 0.0997. The number of amides is 1. The van der Waals surface area contributed by atoms with Crippen molar-refractivity contribution >= 4 is 37.9 Å². The van der Waals surface area contributed by atoms with Crippen molar-refractivity contribution in [3.8, 4) is 0 Å². The van der Waals surface area contributed by atoms with E-state index >= 15 is 0 Å². The van der Waals surface area contributed by atoms with Gasteiger partial charge in [-0.15, -0.1) is 11.3 Å². The van der Waals surface area contributed by atoms with Gasteiger partial charge in [-0.1, -0.05) is 42.5 Å².